The molecule has 1 heterocycles. The standard InChI is InChI=1S/C18H15NO4/c1-18(17(22)23,11-12-7-3-2-4-8-12)19-15(20)13-9-5-6-10-14(13)16(19)21/h2-10H,11H2,1H3,(H,22,23)/t18-/m0/s1. The Morgan fingerprint density at radius 1 is 0.957 bits per heavy atom. The molecule has 0 saturated heterocycles. The lowest BCUT2D eigenvalue weighted by Gasteiger charge is -2.33. The molecule has 1 atom stereocenters. The maximum atomic E-state index is 12.6. The maximum Gasteiger partial charge on any atom is 0.330 e. The summed E-state index contributed by atoms with van der Waals surface area (Å²) < 4.78 is 0. The van der Waals surface area contributed by atoms with Gasteiger partial charge in [0.25, 0.3) is 11.8 Å². The number of rotatable bonds is 4. The van der Waals surface area contributed by atoms with E-state index in [0.29, 0.717) is 0 Å². The van der Waals surface area contributed by atoms with E-state index >= 15 is 0 Å². The highest BCUT2D eigenvalue weighted by Gasteiger charge is 2.50. The number of benzene rings is 2. The third-order valence-electron chi connectivity index (χ3n) is 4.14. The van der Waals surface area contributed by atoms with Gasteiger partial charge in [-0.1, -0.05) is 42.5 Å². The number of carboxylic acids is 1. The first-order chi connectivity index (χ1) is 10.9. The predicted molar refractivity (Wildman–Crippen MR) is 83.1 cm³/mol. The number of amides is 2. The fourth-order valence-electron chi connectivity index (χ4n) is 2.88. The fraction of sp³-hybridized carbons (Fsp3) is 0.167. The van der Waals surface area contributed by atoms with E-state index in [2.05, 4.69) is 0 Å². The molecule has 0 saturated carbocycles. The molecule has 5 nitrogen and oxygen atoms in total. The molecule has 0 fully saturated rings. The molecule has 0 spiro atoms. The zero-order valence-corrected chi connectivity index (χ0v) is 12.5. The van der Waals surface area contributed by atoms with Crippen LogP contribution in [0.15, 0.2) is 54.6 Å². The van der Waals surface area contributed by atoms with E-state index in [0.717, 1.165) is 10.5 Å². The second kappa shape index (κ2) is 5.35. The summed E-state index contributed by atoms with van der Waals surface area (Å²) in [4.78, 5) is 38.0. The minimum absolute atomic E-state index is 0.0502. The molecule has 0 bridgehead atoms. The van der Waals surface area contributed by atoms with Gasteiger partial charge in [-0.2, -0.15) is 0 Å². The average molecular weight is 309 g/mol. The zero-order chi connectivity index (χ0) is 16.6. The van der Waals surface area contributed by atoms with Gasteiger partial charge in [0, 0.05) is 6.42 Å². The number of carbonyl (C=O) groups is 3. The zero-order valence-electron chi connectivity index (χ0n) is 12.5. The Kier molecular flexibility index (Phi) is 3.48. The van der Waals surface area contributed by atoms with Crippen LogP contribution in [0.25, 0.3) is 0 Å². The molecule has 0 unspecified atom stereocenters. The van der Waals surface area contributed by atoms with Crippen molar-refractivity contribution in [3.63, 3.8) is 0 Å². The first-order valence-corrected chi connectivity index (χ1v) is 7.20. The number of fused-ring (bicyclic) bond motifs is 1. The van der Waals surface area contributed by atoms with Crippen LogP contribution in [-0.4, -0.2) is 33.3 Å². The van der Waals surface area contributed by atoms with Crippen molar-refractivity contribution in [2.24, 2.45) is 0 Å². The van der Waals surface area contributed by atoms with Gasteiger partial charge in [0.05, 0.1) is 11.1 Å². The van der Waals surface area contributed by atoms with Crippen LogP contribution in [-0.2, 0) is 11.2 Å². The topological polar surface area (TPSA) is 74.7 Å². The van der Waals surface area contributed by atoms with Crippen molar-refractivity contribution in [1.82, 2.24) is 4.90 Å². The van der Waals surface area contributed by atoms with E-state index in [1.54, 1.807) is 48.5 Å². The molecule has 1 aliphatic heterocycles. The van der Waals surface area contributed by atoms with Gasteiger partial charge >= 0.3 is 5.97 Å². The highest BCUT2D eigenvalue weighted by molar-refractivity contribution is 6.23. The minimum atomic E-state index is -1.64. The van der Waals surface area contributed by atoms with Crippen molar-refractivity contribution in [1.29, 1.82) is 0 Å². The Labute approximate surface area is 133 Å². The number of aliphatic carboxylic acids is 1. The van der Waals surface area contributed by atoms with Crippen molar-refractivity contribution >= 4 is 17.8 Å². The first kappa shape index (κ1) is 15.0. The van der Waals surface area contributed by atoms with Gasteiger partial charge in [-0.25, -0.2) is 4.79 Å². The highest BCUT2D eigenvalue weighted by Crippen LogP contribution is 2.32. The Balaban J connectivity index is 2.05. The maximum absolute atomic E-state index is 12.6. The summed E-state index contributed by atoms with van der Waals surface area (Å²) in [6.07, 6.45) is 0.0502. The lowest BCUT2D eigenvalue weighted by Crippen LogP contribution is -2.56. The lowest BCUT2D eigenvalue weighted by molar-refractivity contribution is -0.147. The second-order valence-corrected chi connectivity index (χ2v) is 5.73. The molecule has 2 aromatic rings. The minimum Gasteiger partial charge on any atom is -0.479 e. The van der Waals surface area contributed by atoms with Crippen LogP contribution in [0.5, 0.6) is 0 Å². The summed E-state index contributed by atoms with van der Waals surface area (Å²) in [6, 6.07) is 15.4. The van der Waals surface area contributed by atoms with Crippen LogP contribution >= 0.6 is 0 Å². The van der Waals surface area contributed by atoms with Gasteiger partial charge in [0.15, 0.2) is 0 Å². The molecule has 2 aromatic carbocycles. The van der Waals surface area contributed by atoms with Crippen molar-refractivity contribution in [3.8, 4) is 0 Å². The van der Waals surface area contributed by atoms with Crippen LogP contribution in [0.4, 0.5) is 0 Å². The van der Waals surface area contributed by atoms with Gasteiger partial charge in [-0.15, -0.1) is 0 Å². The molecule has 5 heteroatoms. The quantitative estimate of drug-likeness (QED) is 0.880. The number of carboxylic acid groups (broad SMARTS) is 1. The van der Waals surface area contributed by atoms with Crippen LogP contribution in [0.1, 0.15) is 33.2 Å². The average Bonchev–Trinajstić information content (AvgIpc) is 2.80. The SMILES string of the molecule is C[C@](Cc1ccccc1)(C(=O)O)N1C(=O)c2ccccc2C1=O. The normalized spacial score (nSPS) is 16.1. The van der Waals surface area contributed by atoms with E-state index < -0.39 is 23.3 Å². The van der Waals surface area contributed by atoms with Crippen LogP contribution in [0.2, 0.25) is 0 Å². The summed E-state index contributed by atoms with van der Waals surface area (Å²) in [6.45, 7) is 1.41. The van der Waals surface area contributed by atoms with Gasteiger partial charge < -0.3 is 5.11 Å². The predicted octanol–water partition coefficient (Wildman–Crippen LogP) is 2.37. The van der Waals surface area contributed by atoms with E-state index in [4.69, 9.17) is 0 Å². The molecule has 0 radical (unpaired) electrons. The molecular formula is C18H15NO4. The van der Waals surface area contributed by atoms with Crippen LogP contribution < -0.4 is 0 Å². The molecule has 0 aromatic heterocycles. The summed E-state index contributed by atoms with van der Waals surface area (Å²) >= 11 is 0. The Hall–Kier alpha value is -2.95. The number of nitrogens with zero attached hydrogens (tertiary/aromatic N) is 1. The number of carbonyl (C=O) groups excluding carboxylic acids is 2. The van der Waals surface area contributed by atoms with Gasteiger partial charge in [0.1, 0.15) is 5.54 Å². The third kappa shape index (κ3) is 2.30. The molecule has 1 aliphatic rings. The summed E-state index contributed by atoms with van der Waals surface area (Å²) in [5.41, 5.74) is -0.404. The number of hydrogen-bond acceptors (Lipinski definition) is 3. The van der Waals surface area contributed by atoms with Crippen molar-refractivity contribution in [2.45, 2.75) is 18.9 Å². The van der Waals surface area contributed by atoms with Gasteiger partial charge in [0.2, 0.25) is 0 Å². The number of hydrogen-bond donors (Lipinski definition) is 1. The summed E-state index contributed by atoms with van der Waals surface area (Å²) in [5.74, 6) is -2.34. The fourth-order valence-corrected chi connectivity index (χ4v) is 2.88. The lowest BCUT2D eigenvalue weighted by atomic mass is 9.91. The first-order valence-electron chi connectivity index (χ1n) is 7.20. The highest BCUT2D eigenvalue weighted by atomic mass is 16.4. The van der Waals surface area contributed by atoms with Gasteiger partial charge in [-0.05, 0) is 24.6 Å². The molecule has 3 rings (SSSR count). The molecule has 1 N–H and O–H groups in total. The van der Waals surface area contributed by atoms with Crippen molar-refractivity contribution in [3.05, 3.63) is 71.3 Å². The third-order valence-corrected chi connectivity index (χ3v) is 4.14. The Morgan fingerprint density at radius 3 is 1.91 bits per heavy atom. The second-order valence-electron chi connectivity index (χ2n) is 5.73. The summed E-state index contributed by atoms with van der Waals surface area (Å²) in [5, 5.41) is 9.72. The van der Waals surface area contributed by atoms with Gasteiger partial charge in [-0.3, -0.25) is 14.5 Å². The monoisotopic (exact) mass is 309 g/mol. The van der Waals surface area contributed by atoms with Crippen LogP contribution in [0, 0.1) is 0 Å². The van der Waals surface area contributed by atoms with Crippen LogP contribution in [0.3, 0.4) is 0 Å². The van der Waals surface area contributed by atoms with E-state index in [9.17, 15) is 19.5 Å². The number of imide groups is 1. The molecule has 23 heavy (non-hydrogen) atoms. The molecule has 2 amide bonds. The molecular weight excluding hydrogens is 294 g/mol. The van der Waals surface area contributed by atoms with E-state index in [1.807, 2.05) is 6.07 Å². The molecule has 0 aliphatic carbocycles. The molecule has 116 valence electrons. The Morgan fingerprint density at radius 2 is 1.43 bits per heavy atom. The van der Waals surface area contributed by atoms with Crippen molar-refractivity contribution in [2.75, 3.05) is 0 Å². The Bertz CT molecular complexity index is 765. The van der Waals surface area contributed by atoms with Crippen molar-refractivity contribution < 1.29 is 19.5 Å². The summed E-state index contributed by atoms with van der Waals surface area (Å²) in [7, 11) is 0. The van der Waals surface area contributed by atoms with E-state index in [-0.39, 0.29) is 17.5 Å². The van der Waals surface area contributed by atoms with E-state index in [1.165, 1.54) is 6.92 Å². The smallest absolute Gasteiger partial charge is 0.330 e. The largest absolute Gasteiger partial charge is 0.479 e.